The molecule has 0 atom stereocenters. The van der Waals surface area contributed by atoms with Crippen molar-refractivity contribution in [3.8, 4) is 0 Å². The molecule has 0 aliphatic carbocycles. The van der Waals surface area contributed by atoms with Gasteiger partial charge in [0.15, 0.2) is 0 Å². The number of amides is 1. The molecule has 4 aromatic rings. The highest BCUT2D eigenvalue weighted by Gasteiger charge is 2.30. The number of fused-ring (bicyclic) bond motifs is 1. The topological polar surface area (TPSA) is 51.0 Å². The van der Waals surface area contributed by atoms with Crippen LogP contribution in [-0.4, -0.2) is 38.7 Å². The third-order valence-corrected chi connectivity index (χ3v) is 7.48. The third-order valence-electron chi connectivity index (χ3n) is 5.90. The van der Waals surface area contributed by atoms with Crippen molar-refractivity contribution in [1.82, 2.24) is 19.7 Å². The molecule has 1 saturated heterocycles. The molecule has 0 bridgehead atoms. The second-order valence-electron chi connectivity index (χ2n) is 7.98. The van der Waals surface area contributed by atoms with Gasteiger partial charge in [-0.15, -0.1) is 11.3 Å². The van der Waals surface area contributed by atoms with Crippen LogP contribution in [0.5, 0.6) is 0 Å². The van der Waals surface area contributed by atoms with Crippen LogP contribution in [0.2, 0.25) is 5.15 Å². The molecule has 0 saturated carbocycles. The maximum atomic E-state index is 13.3. The van der Waals surface area contributed by atoms with Crippen LogP contribution in [0.1, 0.15) is 45.4 Å². The predicted molar refractivity (Wildman–Crippen MR) is 125 cm³/mol. The number of hydrogen-bond donors (Lipinski definition) is 0. The first-order valence-electron chi connectivity index (χ1n) is 10.5. The molecule has 7 heteroatoms. The molecule has 0 spiro atoms. The highest BCUT2D eigenvalue weighted by Crippen LogP contribution is 2.34. The lowest BCUT2D eigenvalue weighted by molar-refractivity contribution is 0.0712. The van der Waals surface area contributed by atoms with Gasteiger partial charge in [0.05, 0.1) is 33.0 Å². The number of halogens is 1. The van der Waals surface area contributed by atoms with E-state index in [1.54, 1.807) is 16.0 Å². The molecule has 31 heavy (non-hydrogen) atoms. The molecule has 0 unspecified atom stereocenters. The molecule has 1 aliphatic rings. The van der Waals surface area contributed by atoms with E-state index in [-0.39, 0.29) is 5.91 Å². The molecule has 5 rings (SSSR count). The summed E-state index contributed by atoms with van der Waals surface area (Å²) in [7, 11) is 0. The number of benzene rings is 2. The average molecular weight is 451 g/mol. The first kappa shape index (κ1) is 20.2. The number of piperidine rings is 1. The fourth-order valence-corrected chi connectivity index (χ4v) is 5.66. The van der Waals surface area contributed by atoms with E-state index >= 15 is 0 Å². The molecule has 0 N–H and O–H groups in total. The van der Waals surface area contributed by atoms with Gasteiger partial charge in [-0.1, -0.05) is 54.1 Å². The second kappa shape index (κ2) is 8.44. The minimum Gasteiger partial charge on any atom is -0.338 e. The molecule has 1 amide bonds. The van der Waals surface area contributed by atoms with Gasteiger partial charge in [-0.3, -0.25) is 4.79 Å². The Morgan fingerprint density at radius 2 is 1.81 bits per heavy atom. The Morgan fingerprint density at radius 3 is 2.55 bits per heavy atom. The lowest BCUT2D eigenvalue weighted by Crippen LogP contribution is -2.38. The first-order valence-corrected chi connectivity index (χ1v) is 11.7. The number of likely N-dealkylation sites (tertiary alicyclic amines) is 1. The third kappa shape index (κ3) is 3.98. The van der Waals surface area contributed by atoms with Crippen molar-refractivity contribution in [2.24, 2.45) is 0 Å². The summed E-state index contributed by atoms with van der Waals surface area (Å²) in [5, 5.41) is 6.13. The maximum Gasteiger partial charge on any atom is 0.258 e. The number of aromatic nitrogens is 3. The number of para-hydroxylation sites is 1. The molecule has 1 aliphatic heterocycles. The van der Waals surface area contributed by atoms with Crippen LogP contribution < -0.4 is 0 Å². The minimum absolute atomic E-state index is 0.0236. The van der Waals surface area contributed by atoms with Crippen molar-refractivity contribution in [3.63, 3.8) is 0 Å². The summed E-state index contributed by atoms with van der Waals surface area (Å²) in [4.78, 5) is 20.0. The Balaban J connectivity index is 1.29. The van der Waals surface area contributed by atoms with Crippen molar-refractivity contribution in [3.05, 3.63) is 81.6 Å². The van der Waals surface area contributed by atoms with Crippen LogP contribution >= 0.6 is 22.9 Å². The van der Waals surface area contributed by atoms with Crippen molar-refractivity contribution in [2.75, 3.05) is 13.1 Å². The van der Waals surface area contributed by atoms with Gasteiger partial charge < -0.3 is 4.90 Å². The Labute approximate surface area is 190 Å². The predicted octanol–water partition coefficient (Wildman–Crippen LogP) is 5.52. The Kier molecular flexibility index (Phi) is 5.50. The van der Waals surface area contributed by atoms with Crippen molar-refractivity contribution >= 4 is 39.1 Å². The Morgan fingerprint density at radius 1 is 1.10 bits per heavy atom. The van der Waals surface area contributed by atoms with Gasteiger partial charge in [0.2, 0.25) is 0 Å². The molecule has 2 aromatic heterocycles. The van der Waals surface area contributed by atoms with Crippen molar-refractivity contribution in [2.45, 2.75) is 32.2 Å². The van der Waals surface area contributed by atoms with E-state index in [2.05, 4.69) is 23.3 Å². The average Bonchev–Trinajstić information content (AvgIpc) is 3.35. The molecule has 158 valence electrons. The van der Waals surface area contributed by atoms with E-state index in [1.165, 1.54) is 9.71 Å². The van der Waals surface area contributed by atoms with E-state index < -0.39 is 0 Å². The van der Waals surface area contributed by atoms with Gasteiger partial charge in [0, 0.05) is 19.0 Å². The smallest absolute Gasteiger partial charge is 0.258 e. The summed E-state index contributed by atoms with van der Waals surface area (Å²) in [6.45, 7) is 3.82. The number of carbonyl (C=O) groups is 1. The van der Waals surface area contributed by atoms with Crippen LogP contribution in [0.4, 0.5) is 0 Å². The van der Waals surface area contributed by atoms with Gasteiger partial charge in [-0.25, -0.2) is 9.67 Å². The van der Waals surface area contributed by atoms with E-state index in [0.717, 1.165) is 23.9 Å². The van der Waals surface area contributed by atoms with Gasteiger partial charge >= 0.3 is 0 Å². The van der Waals surface area contributed by atoms with Gasteiger partial charge in [0.25, 0.3) is 5.91 Å². The van der Waals surface area contributed by atoms with Gasteiger partial charge in [-0.05, 0) is 37.5 Å². The molecule has 1 fully saturated rings. The van der Waals surface area contributed by atoms with E-state index in [4.69, 9.17) is 16.6 Å². The fraction of sp³-hybridized carbons (Fsp3) is 0.292. The molecule has 3 heterocycles. The van der Waals surface area contributed by atoms with Crippen LogP contribution in [0.25, 0.3) is 10.2 Å². The van der Waals surface area contributed by atoms with Crippen molar-refractivity contribution in [1.29, 1.82) is 0 Å². The van der Waals surface area contributed by atoms with E-state index in [0.29, 0.717) is 42.0 Å². The quantitative estimate of drug-likeness (QED) is 0.411. The number of hydrogen-bond acceptors (Lipinski definition) is 4. The zero-order valence-corrected chi connectivity index (χ0v) is 18.9. The molecule has 5 nitrogen and oxygen atoms in total. The fourth-order valence-electron chi connectivity index (χ4n) is 4.21. The summed E-state index contributed by atoms with van der Waals surface area (Å²) in [5.41, 5.74) is 3.37. The lowest BCUT2D eigenvalue weighted by atomic mass is 9.97. The summed E-state index contributed by atoms with van der Waals surface area (Å²) >= 11 is 8.38. The second-order valence-corrected chi connectivity index (χ2v) is 9.40. The Bertz CT molecular complexity index is 1190. The number of rotatable bonds is 4. The number of aryl methyl sites for hydroxylation is 1. The SMILES string of the molecule is Cc1nn(Cc2ccccc2)c(Cl)c1C(=O)N1CCC(c2nc3ccccc3s2)CC1. The van der Waals surface area contributed by atoms with Crippen LogP contribution in [0.3, 0.4) is 0 Å². The number of nitrogens with zero attached hydrogens (tertiary/aromatic N) is 4. The van der Waals surface area contributed by atoms with Gasteiger partial charge in [-0.2, -0.15) is 5.10 Å². The van der Waals surface area contributed by atoms with Gasteiger partial charge in [0.1, 0.15) is 5.15 Å². The highest BCUT2D eigenvalue weighted by molar-refractivity contribution is 7.18. The molecule has 0 radical (unpaired) electrons. The molecule has 2 aromatic carbocycles. The highest BCUT2D eigenvalue weighted by atomic mass is 35.5. The first-order chi connectivity index (χ1) is 15.1. The van der Waals surface area contributed by atoms with E-state index in [1.807, 2.05) is 48.2 Å². The zero-order valence-electron chi connectivity index (χ0n) is 17.3. The number of carbonyl (C=O) groups excluding carboxylic acids is 1. The van der Waals surface area contributed by atoms with Crippen LogP contribution in [0.15, 0.2) is 54.6 Å². The lowest BCUT2D eigenvalue weighted by Gasteiger charge is -2.31. The molecular formula is C24H23ClN4OS. The number of thiazole rings is 1. The largest absolute Gasteiger partial charge is 0.338 e. The van der Waals surface area contributed by atoms with Crippen LogP contribution in [-0.2, 0) is 6.54 Å². The van der Waals surface area contributed by atoms with Crippen molar-refractivity contribution < 1.29 is 4.79 Å². The normalized spacial score (nSPS) is 15.0. The standard InChI is InChI=1S/C24H23ClN4OS/c1-16-21(22(25)29(27-16)15-17-7-3-2-4-8-17)24(30)28-13-11-18(12-14-28)23-26-19-9-5-6-10-20(19)31-23/h2-10,18H,11-15H2,1H3. The maximum absolute atomic E-state index is 13.3. The van der Waals surface area contributed by atoms with Crippen LogP contribution in [0, 0.1) is 6.92 Å². The monoisotopic (exact) mass is 450 g/mol. The summed E-state index contributed by atoms with van der Waals surface area (Å²) < 4.78 is 2.94. The zero-order chi connectivity index (χ0) is 21.4. The minimum atomic E-state index is -0.0236. The summed E-state index contributed by atoms with van der Waals surface area (Å²) in [6, 6.07) is 18.3. The summed E-state index contributed by atoms with van der Waals surface area (Å²) in [6.07, 6.45) is 1.83. The molecular weight excluding hydrogens is 428 g/mol. The Hall–Kier alpha value is -2.70. The van der Waals surface area contributed by atoms with E-state index in [9.17, 15) is 4.79 Å². The summed E-state index contributed by atoms with van der Waals surface area (Å²) in [5.74, 6) is 0.378.